The van der Waals surface area contributed by atoms with Gasteiger partial charge in [-0.2, -0.15) is 0 Å². The summed E-state index contributed by atoms with van der Waals surface area (Å²) in [5.74, 6) is -0.567. The van der Waals surface area contributed by atoms with Crippen molar-refractivity contribution >= 4 is 5.97 Å². The van der Waals surface area contributed by atoms with Gasteiger partial charge in [0, 0.05) is 13.2 Å². The zero-order valence-corrected chi connectivity index (χ0v) is 13.9. The second-order valence-corrected chi connectivity index (χ2v) is 4.46. The van der Waals surface area contributed by atoms with Crippen LogP contribution in [0.5, 0.6) is 0 Å². The Balaban J connectivity index is 4.22. The molecule has 0 radical (unpaired) electrons. The van der Waals surface area contributed by atoms with Crippen molar-refractivity contribution in [3.8, 4) is 0 Å². The van der Waals surface area contributed by atoms with Crippen molar-refractivity contribution in [1.29, 1.82) is 0 Å². The highest BCUT2D eigenvalue weighted by atomic mass is 16.8. The van der Waals surface area contributed by atoms with Gasteiger partial charge in [-0.05, 0) is 41.5 Å². The molecule has 6 heteroatoms. The third kappa shape index (κ3) is 8.83. The van der Waals surface area contributed by atoms with Crippen LogP contribution in [-0.4, -0.2) is 44.2 Å². The smallest absolute Gasteiger partial charge is 0.338 e. The fraction of sp³-hybridized carbons (Fsp3) is 0.800. The SMILES string of the molecule is C=C(C(=O)OC(C)OC(C)OCC)C(C)OC(C)OCC. The first-order chi connectivity index (χ1) is 9.81. The van der Waals surface area contributed by atoms with E-state index in [1.165, 1.54) is 0 Å². The van der Waals surface area contributed by atoms with E-state index in [4.69, 9.17) is 23.7 Å². The number of hydrogen-bond donors (Lipinski definition) is 0. The summed E-state index contributed by atoms with van der Waals surface area (Å²) >= 11 is 0. The molecule has 6 nitrogen and oxygen atoms in total. The first kappa shape index (κ1) is 20.1. The van der Waals surface area contributed by atoms with Gasteiger partial charge in [-0.25, -0.2) is 4.79 Å². The number of carbonyl (C=O) groups is 1. The second-order valence-electron chi connectivity index (χ2n) is 4.46. The molecule has 0 bridgehead atoms. The summed E-state index contributed by atoms with van der Waals surface area (Å²) in [6.45, 7) is 15.3. The summed E-state index contributed by atoms with van der Waals surface area (Å²) in [6.07, 6.45) is -2.10. The molecule has 4 unspecified atom stereocenters. The van der Waals surface area contributed by atoms with E-state index in [-0.39, 0.29) is 5.57 Å². The van der Waals surface area contributed by atoms with Crippen LogP contribution in [-0.2, 0) is 28.5 Å². The van der Waals surface area contributed by atoms with Gasteiger partial charge in [0.25, 0.3) is 0 Å². The molecule has 0 aliphatic rings. The Morgan fingerprint density at radius 3 is 1.86 bits per heavy atom. The van der Waals surface area contributed by atoms with Crippen LogP contribution < -0.4 is 0 Å². The van der Waals surface area contributed by atoms with Crippen molar-refractivity contribution in [2.75, 3.05) is 13.2 Å². The standard InChI is InChI=1S/C15H28O6/c1-8-17-12(5)19-11(4)10(3)15(16)21-14(7)20-13(6)18-9-2/h11-14H,3,8-9H2,1-2,4-7H3. The highest BCUT2D eigenvalue weighted by Crippen LogP contribution is 2.12. The van der Waals surface area contributed by atoms with Gasteiger partial charge in [0.2, 0.25) is 6.29 Å². The Morgan fingerprint density at radius 1 is 0.905 bits per heavy atom. The van der Waals surface area contributed by atoms with Crippen LogP contribution in [0.25, 0.3) is 0 Å². The van der Waals surface area contributed by atoms with Gasteiger partial charge in [0.1, 0.15) is 0 Å². The van der Waals surface area contributed by atoms with Crippen LogP contribution in [0.2, 0.25) is 0 Å². The molecular weight excluding hydrogens is 276 g/mol. The van der Waals surface area contributed by atoms with Crippen LogP contribution in [0.1, 0.15) is 41.5 Å². The molecule has 124 valence electrons. The molecule has 0 aromatic rings. The molecule has 0 fully saturated rings. The summed E-state index contributed by atoms with van der Waals surface area (Å²) in [7, 11) is 0. The Labute approximate surface area is 127 Å². The van der Waals surface area contributed by atoms with E-state index in [0.29, 0.717) is 13.2 Å². The van der Waals surface area contributed by atoms with E-state index in [1.54, 1.807) is 27.7 Å². The maximum atomic E-state index is 11.9. The van der Waals surface area contributed by atoms with Gasteiger partial charge in [0.05, 0.1) is 11.7 Å². The Bertz CT molecular complexity index is 317. The number of ether oxygens (including phenoxy) is 5. The molecule has 0 amide bonds. The first-order valence-corrected chi connectivity index (χ1v) is 7.25. The van der Waals surface area contributed by atoms with E-state index >= 15 is 0 Å². The molecule has 0 aromatic carbocycles. The molecular formula is C15H28O6. The van der Waals surface area contributed by atoms with Crippen molar-refractivity contribution < 1.29 is 28.5 Å². The Morgan fingerprint density at radius 2 is 1.38 bits per heavy atom. The third-order valence-corrected chi connectivity index (χ3v) is 2.61. The van der Waals surface area contributed by atoms with Crippen LogP contribution in [0.3, 0.4) is 0 Å². The predicted octanol–water partition coefficient (Wildman–Crippen LogP) is 2.62. The third-order valence-electron chi connectivity index (χ3n) is 2.61. The molecule has 0 N–H and O–H groups in total. The monoisotopic (exact) mass is 304 g/mol. The highest BCUT2D eigenvalue weighted by Gasteiger charge is 2.22. The lowest BCUT2D eigenvalue weighted by Gasteiger charge is -2.22. The molecule has 0 rings (SSSR count). The fourth-order valence-electron chi connectivity index (χ4n) is 1.61. The summed E-state index contributed by atoms with van der Waals surface area (Å²) in [5.41, 5.74) is 0.209. The number of rotatable bonds is 11. The molecule has 0 saturated heterocycles. The van der Waals surface area contributed by atoms with E-state index in [0.717, 1.165) is 0 Å². The van der Waals surface area contributed by atoms with Crippen LogP contribution in [0, 0.1) is 0 Å². The summed E-state index contributed by atoms with van der Waals surface area (Å²) in [4.78, 5) is 11.9. The molecule has 4 atom stereocenters. The van der Waals surface area contributed by atoms with Gasteiger partial charge in [0.15, 0.2) is 12.6 Å². The molecule has 0 heterocycles. The minimum absolute atomic E-state index is 0.209. The van der Waals surface area contributed by atoms with Gasteiger partial charge < -0.3 is 23.7 Å². The normalized spacial score (nSPS) is 16.9. The zero-order valence-electron chi connectivity index (χ0n) is 13.9. The van der Waals surface area contributed by atoms with Crippen molar-refractivity contribution in [3.63, 3.8) is 0 Å². The lowest BCUT2D eigenvalue weighted by molar-refractivity contribution is -0.226. The van der Waals surface area contributed by atoms with Gasteiger partial charge in [-0.15, -0.1) is 0 Å². The maximum absolute atomic E-state index is 11.9. The highest BCUT2D eigenvalue weighted by molar-refractivity contribution is 5.88. The lowest BCUT2D eigenvalue weighted by atomic mass is 10.2. The fourth-order valence-corrected chi connectivity index (χ4v) is 1.61. The van der Waals surface area contributed by atoms with E-state index in [1.807, 2.05) is 13.8 Å². The minimum atomic E-state index is -0.729. The van der Waals surface area contributed by atoms with Crippen molar-refractivity contribution in [2.24, 2.45) is 0 Å². The topological polar surface area (TPSA) is 63.2 Å². The number of carbonyl (C=O) groups excluding carboxylic acids is 1. The van der Waals surface area contributed by atoms with E-state index in [2.05, 4.69) is 6.58 Å². The quantitative estimate of drug-likeness (QED) is 0.332. The average Bonchev–Trinajstić information content (AvgIpc) is 2.37. The molecule has 0 aliphatic heterocycles. The average molecular weight is 304 g/mol. The summed E-state index contributed by atoms with van der Waals surface area (Å²) in [6, 6.07) is 0. The Hall–Kier alpha value is -0.950. The second kappa shape index (κ2) is 10.7. The minimum Gasteiger partial charge on any atom is -0.433 e. The lowest BCUT2D eigenvalue weighted by Crippen LogP contribution is -2.29. The predicted molar refractivity (Wildman–Crippen MR) is 78.5 cm³/mol. The van der Waals surface area contributed by atoms with Crippen molar-refractivity contribution in [2.45, 2.75) is 66.5 Å². The summed E-state index contributed by atoms with van der Waals surface area (Å²) in [5, 5.41) is 0. The van der Waals surface area contributed by atoms with Crippen molar-refractivity contribution in [3.05, 3.63) is 12.2 Å². The van der Waals surface area contributed by atoms with Crippen LogP contribution >= 0.6 is 0 Å². The van der Waals surface area contributed by atoms with Gasteiger partial charge in [-0.3, -0.25) is 0 Å². The van der Waals surface area contributed by atoms with Gasteiger partial charge >= 0.3 is 5.97 Å². The van der Waals surface area contributed by atoms with Gasteiger partial charge in [-0.1, -0.05) is 6.58 Å². The molecule has 21 heavy (non-hydrogen) atoms. The maximum Gasteiger partial charge on any atom is 0.338 e. The number of hydrogen-bond acceptors (Lipinski definition) is 6. The first-order valence-electron chi connectivity index (χ1n) is 7.25. The van der Waals surface area contributed by atoms with E-state index in [9.17, 15) is 4.79 Å². The van der Waals surface area contributed by atoms with Crippen molar-refractivity contribution in [1.82, 2.24) is 0 Å². The Kier molecular flexibility index (Phi) is 10.2. The largest absolute Gasteiger partial charge is 0.433 e. The molecule has 0 saturated carbocycles. The summed E-state index contributed by atoms with van der Waals surface area (Å²) < 4.78 is 26.4. The zero-order chi connectivity index (χ0) is 16.4. The molecule has 0 spiro atoms. The molecule has 0 aliphatic carbocycles. The molecule has 0 aromatic heterocycles. The van der Waals surface area contributed by atoms with E-state index < -0.39 is 30.9 Å². The number of esters is 1. The van der Waals surface area contributed by atoms with Crippen LogP contribution in [0.15, 0.2) is 12.2 Å². The van der Waals surface area contributed by atoms with Crippen LogP contribution in [0.4, 0.5) is 0 Å².